The van der Waals surface area contributed by atoms with E-state index in [1.54, 1.807) is 10.9 Å². The molecule has 0 spiro atoms. The van der Waals surface area contributed by atoms with Crippen LogP contribution in [0.1, 0.15) is 5.56 Å². The maximum Gasteiger partial charge on any atom is 0.113 e. The summed E-state index contributed by atoms with van der Waals surface area (Å²) >= 11 is 0. The molecule has 6 heteroatoms. The number of rotatable bonds is 3. The summed E-state index contributed by atoms with van der Waals surface area (Å²) in [6.07, 6.45) is 9.42. The molecular formula is C16H14N6. The molecule has 0 unspecified atom stereocenters. The Morgan fingerprint density at radius 3 is 2.86 bits per heavy atom. The van der Waals surface area contributed by atoms with Gasteiger partial charge < -0.3 is 0 Å². The molecule has 0 radical (unpaired) electrons. The number of hydrogen-bond acceptors (Lipinski definition) is 4. The first-order valence-electron chi connectivity index (χ1n) is 7.00. The monoisotopic (exact) mass is 290 g/mol. The summed E-state index contributed by atoms with van der Waals surface area (Å²) in [4.78, 5) is 4.13. The molecule has 0 atom stereocenters. The highest BCUT2D eigenvalue weighted by Gasteiger charge is 2.06. The van der Waals surface area contributed by atoms with Gasteiger partial charge in [0.1, 0.15) is 5.69 Å². The topological polar surface area (TPSA) is 61.4 Å². The zero-order valence-corrected chi connectivity index (χ0v) is 12.1. The van der Waals surface area contributed by atoms with Crippen molar-refractivity contribution in [1.29, 1.82) is 0 Å². The van der Waals surface area contributed by atoms with Gasteiger partial charge in [0.2, 0.25) is 0 Å². The van der Waals surface area contributed by atoms with Crippen molar-refractivity contribution in [2.24, 2.45) is 7.05 Å². The maximum absolute atomic E-state index is 4.27. The van der Waals surface area contributed by atoms with Crippen LogP contribution in [0.4, 0.5) is 0 Å². The van der Waals surface area contributed by atoms with Gasteiger partial charge in [0.25, 0.3) is 0 Å². The average molecular weight is 290 g/mol. The molecule has 0 saturated carbocycles. The van der Waals surface area contributed by atoms with Crippen molar-refractivity contribution in [2.75, 3.05) is 0 Å². The smallest absolute Gasteiger partial charge is 0.113 e. The standard InChI is InChI=1S/C16H14N6/c1-21-9-12(7-18-21)10-22-11-16(19-20-22)14-2-3-15-8-17-5-4-13(15)6-14/h2-9,11H,10H2,1H3. The minimum atomic E-state index is 0.665. The molecule has 0 fully saturated rings. The van der Waals surface area contributed by atoms with Crippen molar-refractivity contribution in [3.05, 3.63) is 60.8 Å². The first kappa shape index (κ1) is 12.7. The molecule has 4 aromatic rings. The van der Waals surface area contributed by atoms with Crippen molar-refractivity contribution >= 4 is 10.8 Å². The number of aryl methyl sites for hydroxylation is 1. The summed E-state index contributed by atoms with van der Waals surface area (Å²) in [5, 5.41) is 14.9. The third-order valence-corrected chi connectivity index (χ3v) is 3.58. The molecular weight excluding hydrogens is 276 g/mol. The molecule has 22 heavy (non-hydrogen) atoms. The minimum Gasteiger partial charge on any atom is -0.275 e. The summed E-state index contributed by atoms with van der Waals surface area (Å²) in [6.45, 7) is 0.665. The Kier molecular flexibility index (Phi) is 2.93. The maximum atomic E-state index is 4.27. The summed E-state index contributed by atoms with van der Waals surface area (Å²) in [7, 11) is 1.90. The second kappa shape index (κ2) is 5.07. The van der Waals surface area contributed by atoms with Gasteiger partial charge in [0.15, 0.2) is 0 Å². The first-order valence-corrected chi connectivity index (χ1v) is 7.00. The third-order valence-electron chi connectivity index (χ3n) is 3.58. The number of pyridine rings is 1. The molecule has 0 aliphatic carbocycles. The van der Waals surface area contributed by atoms with Crippen molar-refractivity contribution in [1.82, 2.24) is 29.8 Å². The van der Waals surface area contributed by atoms with Gasteiger partial charge in [-0.15, -0.1) is 5.10 Å². The molecule has 0 saturated heterocycles. The van der Waals surface area contributed by atoms with Crippen LogP contribution in [0.15, 0.2) is 55.2 Å². The second-order valence-electron chi connectivity index (χ2n) is 5.26. The van der Waals surface area contributed by atoms with Crippen molar-refractivity contribution in [3.8, 4) is 11.3 Å². The predicted molar refractivity (Wildman–Crippen MR) is 83.1 cm³/mol. The van der Waals surface area contributed by atoms with Gasteiger partial charge in [-0.05, 0) is 17.5 Å². The number of benzene rings is 1. The largest absolute Gasteiger partial charge is 0.275 e. The van der Waals surface area contributed by atoms with E-state index in [-0.39, 0.29) is 0 Å². The summed E-state index contributed by atoms with van der Waals surface area (Å²) in [5.74, 6) is 0. The van der Waals surface area contributed by atoms with Gasteiger partial charge in [-0.1, -0.05) is 17.3 Å². The molecule has 4 rings (SSSR count). The van der Waals surface area contributed by atoms with E-state index in [1.807, 2.05) is 48.6 Å². The molecule has 0 aliphatic rings. The highest BCUT2D eigenvalue weighted by molar-refractivity contribution is 5.85. The molecule has 3 aromatic heterocycles. The van der Waals surface area contributed by atoms with Crippen LogP contribution in [-0.4, -0.2) is 29.8 Å². The van der Waals surface area contributed by atoms with E-state index in [0.29, 0.717) is 6.54 Å². The lowest BCUT2D eigenvalue weighted by molar-refractivity contribution is 0.649. The number of fused-ring (bicyclic) bond motifs is 1. The molecule has 0 N–H and O–H groups in total. The Labute approximate surface area is 127 Å². The van der Waals surface area contributed by atoms with Gasteiger partial charge in [0, 0.05) is 42.2 Å². The van der Waals surface area contributed by atoms with Gasteiger partial charge in [0.05, 0.1) is 18.9 Å². The van der Waals surface area contributed by atoms with Crippen LogP contribution in [0.5, 0.6) is 0 Å². The average Bonchev–Trinajstić information content (AvgIpc) is 3.16. The summed E-state index contributed by atoms with van der Waals surface area (Å²) in [5.41, 5.74) is 3.02. The second-order valence-corrected chi connectivity index (χ2v) is 5.26. The van der Waals surface area contributed by atoms with Crippen LogP contribution in [0.3, 0.4) is 0 Å². The Hall–Kier alpha value is -3.02. The Balaban J connectivity index is 1.64. The lowest BCUT2D eigenvalue weighted by Crippen LogP contribution is -1.99. The van der Waals surface area contributed by atoms with E-state index in [0.717, 1.165) is 27.6 Å². The van der Waals surface area contributed by atoms with Crippen molar-refractivity contribution in [3.63, 3.8) is 0 Å². The Morgan fingerprint density at radius 2 is 2.00 bits per heavy atom. The molecule has 0 amide bonds. The third kappa shape index (κ3) is 2.35. The van der Waals surface area contributed by atoms with Crippen LogP contribution in [-0.2, 0) is 13.6 Å². The lowest BCUT2D eigenvalue weighted by atomic mass is 10.1. The van der Waals surface area contributed by atoms with E-state index in [1.165, 1.54) is 0 Å². The molecule has 108 valence electrons. The van der Waals surface area contributed by atoms with Crippen LogP contribution in [0.2, 0.25) is 0 Å². The number of hydrogen-bond donors (Lipinski definition) is 0. The van der Waals surface area contributed by atoms with E-state index in [2.05, 4.69) is 32.5 Å². The zero-order chi connectivity index (χ0) is 14.9. The molecule has 6 nitrogen and oxygen atoms in total. The quantitative estimate of drug-likeness (QED) is 0.581. The molecule has 0 bridgehead atoms. The summed E-state index contributed by atoms with van der Waals surface area (Å²) in [6, 6.07) is 8.20. The molecule has 0 aliphatic heterocycles. The van der Waals surface area contributed by atoms with Crippen LogP contribution in [0, 0.1) is 0 Å². The van der Waals surface area contributed by atoms with Gasteiger partial charge in [-0.25, -0.2) is 4.68 Å². The van der Waals surface area contributed by atoms with E-state index < -0.39 is 0 Å². The van der Waals surface area contributed by atoms with Crippen molar-refractivity contribution in [2.45, 2.75) is 6.54 Å². The SMILES string of the molecule is Cn1cc(Cn2cc(-c3ccc4cnccc4c3)nn2)cn1. The normalized spacial score (nSPS) is 11.1. The van der Waals surface area contributed by atoms with Gasteiger partial charge >= 0.3 is 0 Å². The van der Waals surface area contributed by atoms with Crippen molar-refractivity contribution < 1.29 is 0 Å². The lowest BCUT2D eigenvalue weighted by Gasteiger charge is -1.99. The number of aromatic nitrogens is 6. The highest BCUT2D eigenvalue weighted by Crippen LogP contribution is 2.22. The fourth-order valence-corrected chi connectivity index (χ4v) is 2.49. The van der Waals surface area contributed by atoms with E-state index in [9.17, 15) is 0 Å². The fraction of sp³-hybridized carbons (Fsp3) is 0.125. The zero-order valence-electron chi connectivity index (χ0n) is 12.1. The molecule has 1 aromatic carbocycles. The number of nitrogens with zero attached hydrogens (tertiary/aromatic N) is 6. The minimum absolute atomic E-state index is 0.665. The Morgan fingerprint density at radius 1 is 1.05 bits per heavy atom. The van der Waals surface area contributed by atoms with Gasteiger partial charge in [-0.2, -0.15) is 5.10 Å². The van der Waals surface area contributed by atoms with E-state index >= 15 is 0 Å². The fourth-order valence-electron chi connectivity index (χ4n) is 2.49. The van der Waals surface area contributed by atoms with Crippen LogP contribution < -0.4 is 0 Å². The van der Waals surface area contributed by atoms with E-state index in [4.69, 9.17) is 0 Å². The Bertz CT molecular complexity index is 936. The predicted octanol–water partition coefficient (Wildman–Crippen LogP) is 2.28. The highest BCUT2D eigenvalue weighted by atomic mass is 15.4. The first-order chi connectivity index (χ1) is 10.8. The van der Waals surface area contributed by atoms with Gasteiger partial charge in [-0.3, -0.25) is 9.67 Å². The molecule has 3 heterocycles. The van der Waals surface area contributed by atoms with Crippen LogP contribution in [0.25, 0.3) is 22.0 Å². The van der Waals surface area contributed by atoms with Crippen LogP contribution >= 0.6 is 0 Å². The summed E-state index contributed by atoms with van der Waals surface area (Å²) < 4.78 is 3.60.